The van der Waals surface area contributed by atoms with Crippen LogP contribution in [0.25, 0.3) is 0 Å². The van der Waals surface area contributed by atoms with Gasteiger partial charge in [0.25, 0.3) is 0 Å². The highest BCUT2D eigenvalue weighted by Crippen LogP contribution is 2.09. The van der Waals surface area contributed by atoms with Gasteiger partial charge in [-0.15, -0.1) is 24.0 Å². The third-order valence-corrected chi connectivity index (χ3v) is 3.87. The summed E-state index contributed by atoms with van der Waals surface area (Å²) in [5.41, 5.74) is 5.81. The molecule has 1 aliphatic rings. The molecule has 0 aromatic rings. The number of rotatable bonds is 8. The van der Waals surface area contributed by atoms with E-state index < -0.39 is 0 Å². The third kappa shape index (κ3) is 9.80. The van der Waals surface area contributed by atoms with Crippen LogP contribution in [0.3, 0.4) is 0 Å². The number of guanidine groups is 1. The molecule has 20 heavy (non-hydrogen) atoms. The van der Waals surface area contributed by atoms with Crippen molar-refractivity contribution in [2.75, 3.05) is 26.2 Å². The highest BCUT2D eigenvalue weighted by atomic mass is 127. The average Bonchev–Trinajstić information content (AvgIpc) is 2.43. The molecule has 1 atom stereocenters. The summed E-state index contributed by atoms with van der Waals surface area (Å²) in [6, 6.07) is 0.419. The molecule has 1 heterocycles. The molecule has 1 fully saturated rings. The lowest BCUT2D eigenvalue weighted by atomic mass is 10.1. The van der Waals surface area contributed by atoms with Crippen LogP contribution in [0.5, 0.6) is 0 Å². The lowest BCUT2D eigenvalue weighted by Gasteiger charge is -2.26. The van der Waals surface area contributed by atoms with Gasteiger partial charge in [0.1, 0.15) is 0 Å². The zero-order valence-electron chi connectivity index (χ0n) is 13.2. The van der Waals surface area contributed by atoms with Gasteiger partial charge >= 0.3 is 0 Å². The summed E-state index contributed by atoms with van der Waals surface area (Å²) >= 11 is 0. The Balaban J connectivity index is 0.00000361. The van der Waals surface area contributed by atoms with E-state index in [0.29, 0.717) is 12.0 Å². The Bertz CT molecular complexity index is 252. The summed E-state index contributed by atoms with van der Waals surface area (Å²) in [6.07, 6.45) is 8.99. The zero-order chi connectivity index (χ0) is 13.9. The molecule has 0 aromatic carbocycles. The van der Waals surface area contributed by atoms with E-state index in [9.17, 15) is 0 Å². The number of nitrogens with two attached hydrogens (primary N) is 1. The van der Waals surface area contributed by atoms with Crippen LogP contribution in [0.4, 0.5) is 0 Å². The van der Waals surface area contributed by atoms with Gasteiger partial charge in [-0.25, -0.2) is 0 Å². The van der Waals surface area contributed by atoms with Gasteiger partial charge < -0.3 is 16.0 Å². The number of unbranched alkanes of at least 4 members (excludes halogenated alkanes) is 2. The van der Waals surface area contributed by atoms with Gasteiger partial charge in [-0.3, -0.25) is 4.99 Å². The van der Waals surface area contributed by atoms with Crippen LogP contribution >= 0.6 is 24.0 Å². The van der Waals surface area contributed by atoms with Crippen molar-refractivity contribution in [2.24, 2.45) is 10.7 Å². The Kier molecular flexibility index (Phi) is 12.7. The molecule has 0 aromatic heterocycles. The minimum atomic E-state index is 0. The molecule has 1 unspecified atom stereocenters. The fourth-order valence-electron chi connectivity index (χ4n) is 2.41. The number of aliphatic imine (C=N–C) groups is 1. The van der Waals surface area contributed by atoms with E-state index in [0.717, 1.165) is 19.4 Å². The number of hydrogen-bond acceptors (Lipinski definition) is 2. The minimum Gasteiger partial charge on any atom is -0.370 e. The molecule has 5 heteroatoms. The fraction of sp³-hybridized carbons (Fsp3) is 0.933. The molecular formula is C15H33IN4. The quantitative estimate of drug-likeness (QED) is 0.287. The van der Waals surface area contributed by atoms with Gasteiger partial charge in [-0.05, 0) is 58.7 Å². The summed E-state index contributed by atoms with van der Waals surface area (Å²) in [7, 11) is 0. The van der Waals surface area contributed by atoms with Crippen LogP contribution in [-0.4, -0.2) is 43.1 Å². The van der Waals surface area contributed by atoms with Crippen LogP contribution < -0.4 is 11.1 Å². The Morgan fingerprint density at radius 3 is 2.55 bits per heavy atom. The molecule has 0 spiro atoms. The maximum absolute atomic E-state index is 5.81. The van der Waals surface area contributed by atoms with Gasteiger partial charge in [0.15, 0.2) is 5.96 Å². The molecule has 0 aliphatic carbocycles. The smallest absolute Gasteiger partial charge is 0.188 e. The zero-order valence-corrected chi connectivity index (χ0v) is 15.6. The molecule has 1 saturated heterocycles. The van der Waals surface area contributed by atoms with Crippen molar-refractivity contribution in [1.29, 1.82) is 0 Å². The number of piperidine rings is 1. The van der Waals surface area contributed by atoms with Crippen LogP contribution in [0.15, 0.2) is 4.99 Å². The van der Waals surface area contributed by atoms with Crippen LogP contribution in [-0.2, 0) is 0 Å². The third-order valence-electron chi connectivity index (χ3n) is 3.87. The van der Waals surface area contributed by atoms with Crippen molar-refractivity contribution in [3.8, 4) is 0 Å². The van der Waals surface area contributed by atoms with E-state index in [2.05, 4.69) is 29.1 Å². The van der Waals surface area contributed by atoms with Crippen LogP contribution in [0, 0.1) is 0 Å². The highest BCUT2D eigenvalue weighted by molar-refractivity contribution is 14.0. The Morgan fingerprint density at radius 1 is 1.20 bits per heavy atom. The van der Waals surface area contributed by atoms with Gasteiger partial charge in [0.05, 0.1) is 0 Å². The highest BCUT2D eigenvalue weighted by Gasteiger charge is 2.08. The first-order chi connectivity index (χ1) is 9.22. The molecule has 3 N–H and O–H groups in total. The maximum atomic E-state index is 5.81. The SMILES string of the molecule is CCC(C)NC(N)=NCCCCCN1CCCCC1.I. The first-order valence-electron chi connectivity index (χ1n) is 8.01. The van der Waals surface area contributed by atoms with Gasteiger partial charge in [0.2, 0.25) is 0 Å². The predicted octanol–water partition coefficient (Wildman–Crippen LogP) is 2.96. The van der Waals surface area contributed by atoms with Crippen molar-refractivity contribution in [3.63, 3.8) is 0 Å². The van der Waals surface area contributed by atoms with E-state index in [-0.39, 0.29) is 24.0 Å². The summed E-state index contributed by atoms with van der Waals surface area (Å²) < 4.78 is 0. The second kappa shape index (κ2) is 12.7. The molecule has 0 amide bonds. The number of halogens is 1. The molecule has 1 aliphatic heterocycles. The molecule has 0 saturated carbocycles. The second-order valence-corrected chi connectivity index (χ2v) is 5.68. The molecule has 1 rings (SSSR count). The Morgan fingerprint density at radius 2 is 1.90 bits per heavy atom. The van der Waals surface area contributed by atoms with Gasteiger partial charge in [-0.2, -0.15) is 0 Å². The average molecular weight is 396 g/mol. The lowest BCUT2D eigenvalue weighted by molar-refractivity contribution is 0.224. The van der Waals surface area contributed by atoms with E-state index >= 15 is 0 Å². The number of hydrogen-bond donors (Lipinski definition) is 2. The number of nitrogens with zero attached hydrogens (tertiary/aromatic N) is 2. The van der Waals surface area contributed by atoms with Gasteiger partial charge in [-0.1, -0.05) is 19.8 Å². The van der Waals surface area contributed by atoms with Crippen molar-refractivity contribution >= 4 is 29.9 Å². The number of likely N-dealkylation sites (tertiary alicyclic amines) is 1. The monoisotopic (exact) mass is 396 g/mol. The van der Waals surface area contributed by atoms with Gasteiger partial charge in [0, 0.05) is 12.6 Å². The Hall–Kier alpha value is -0.0400. The normalized spacial score (nSPS) is 18.4. The van der Waals surface area contributed by atoms with Crippen LogP contribution in [0.1, 0.15) is 58.8 Å². The predicted molar refractivity (Wildman–Crippen MR) is 98.9 cm³/mol. The fourth-order valence-corrected chi connectivity index (χ4v) is 2.41. The number of nitrogens with one attached hydrogen (secondary N) is 1. The van der Waals surface area contributed by atoms with E-state index in [1.807, 2.05) is 0 Å². The second-order valence-electron chi connectivity index (χ2n) is 5.68. The molecule has 0 bridgehead atoms. The standard InChI is InChI=1S/C15H32N4.HI/c1-3-14(2)18-15(16)17-10-6-4-7-11-19-12-8-5-9-13-19;/h14H,3-13H2,1-2H3,(H3,16,17,18);1H. The van der Waals surface area contributed by atoms with Crippen molar-refractivity contribution < 1.29 is 0 Å². The summed E-state index contributed by atoms with van der Waals surface area (Å²) in [5.74, 6) is 0.602. The maximum Gasteiger partial charge on any atom is 0.188 e. The van der Waals surface area contributed by atoms with E-state index in [4.69, 9.17) is 5.73 Å². The topological polar surface area (TPSA) is 53.6 Å². The van der Waals surface area contributed by atoms with E-state index in [1.165, 1.54) is 51.7 Å². The first kappa shape index (κ1) is 20.0. The lowest BCUT2D eigenvalue weighted by Crippen LogP contribution is -2.38. The van der Waals surface area contributed by atoms with Crippen LogP contribution in [0.2, 0.25) is 0 Å². The van der Waals surface area contributed by atoms with Crippen molar-refractivity contribution in [1.82, 2.24) is 10.2 Å². The molecular weight excluding hydrogens is 363 g/mol. The summed E-state index contributed by atoms with van der Waals surface area (Å²) in [6.45, 7) is 9.01. The minimum absolute atomic E-state index is 0. The Labute approximate surface area is 142 Å². The van der Waals surface area contributed by atoms with Crippen molar-refractivity contribution in [2.45, 2.75) is 64.8 Å². The molecule has 4 nitrogen and oxygen atoms in total. The molecule has 120 valence electrons. The van der Waals surface area contributed by atoms with E-state index in [1.54, 1.807) is 0 Å². The largest absolute Gasteiger partial charge is 0.370 e. The molecule has 0 radical (unpaired) electrons. The summed E-state index contributed by atoms with van der Waals surface area (Å²) in [5, 5.41) is 3.19. The van der Waals surface area contributed by atoms with Crippen molar-refractivity contribution in [3.05, 3.63) is 0 Å². The summed E-state index contributed by atoms with van der Waals surface area (Å²) in [4.78, 5) is 6.97. The first-order valence-corrected chi connectivity index (χ1v) is 8.01.